The number of thiophene rings is 1. The van der Waals surface area contributed by atoms with Crippen molar-refractivity contribution in [3.8, 4) is 0 Å². The fourth-order valence-electron chi connectivity index (χ4n) is 3.26. The number of amides is 1. The van der Waals surface area contributed by atoms with E-state index in [4.69, 9.17) is 0 Å². The molecule has 5 nitrogen and oxygen atoms in total. The van der Waals surface area contributed by atoms with Gasteiger partial charge in [-0.1, -0.05) is 48.2 Å². The molecule has 1 amide bonds. The van der Waals surface area contributed by atoms with E-state index in [1.165, 1.54) is 23.1 Å². The van der Waals surface area contributed by atoms with Gasteiger partial charge in [-0.25, -0.2) is 4.98 Å². The van der Waals surface area contributed by atoms with E-state index < -0.39 is 0 Å². The smallest absolute Gasteiger partial charge is 0.240 e. The molecule has 0 radical (unpaired) electrons. The van der Waals surface area contributed by atoms with E-state index in [0.717, 1.165) is 43.7 Å². The zero-order chi connectivity index (χ0) is 18.5. The van der Waals surface area contributed by atoms with Crippen LogP contribution in [-0.4, -0.2) is 39.1 Å². The first-order valence-corrected chi connectivity index (χ1v) is 11.0. The molecule has 1 atom stereocenters. The van der Waals surface area contributed by atoms with Gasteiger partial charge in [-0.05, 0) is 36.3 Å². The first kappa shape index (κ1) is 18.3. The molecule has 3 heterocycles. The summed E-state index contributed by atoms with van der Waals surface area (Å²) in [6.07, 6.45) is 4.12. The van der Waals surface area contributed by atoms with Crippen LogP contribution in [-0.2, 0) is 11.2 Å². The van der Waals surface area contributed by atoms with E-state index in [-0.39, 0.29) is 11.2 Å². The standard InChI is InChI=1S/C20H22N4OS2/c25-19(24-11-5-2-6-12-24)18(15-8-3-1-4-9-15)27-20-21-17(22-23-20)14-16-10-7-13-26-16/h1,3-4,7-10,13,18H,2,5-6,11-12,14H2,(H,21,22,23). The molecule has 4 rings (SSSR count). The molecular formula is C20H22N4OS2. The molecule has 7 heteroatoms. The maximum Gasteiger partial charge on any atom is 0.240 e. The van der Waals surface area contributed by atoms with Crippen LogP contribution in [0.25, 0.3) is 0 Å². The normalized spacial score (nSPS) is 15.6. The third-order valence-electron chi connectivity index (χ3n) is 4.65. The van der Waals surface area contributed by atoms with Crippen molar-refractivity contribution in [2.75, 3.05) is 13.1 Å². The molecule has 1 N–H and O–H groups in total. The Kier molecular flexibility index (Phi) is 5.89. The van der Waals surface area contributed by atoms with Crippen LogP contribution in [0.5, 0.6) is 0 Å². The summed E-state index contributed by atoms with van der Waals surface area (Å²) in [7, 11) is 0. The summed E-state index contributed by atoms with van der Waals surface area (Å²) < 4.78 is 0. The van der Waals surface area contributed by atoms with E-state index in [1.807, 2.05) is 41.3 Å². The fraction of sp³-hybridized carbons (Fsp3) is 0.350. The van der Waals surface area contributed by atoms with Crippen LogP contribution in [0.15, 0.2) is 53.0 Å². The minimum Gasteiger partial charge on any atom is -0.341 e. The van der Waals surface area contributed by atoms with Gasteiger partial charge in [0.25, 0.3) is 0 Å². The monoisotopic (exact) mass is 398 g/mol. The molecule has 1 aliphatic heterocycles. The topological polar surface area (TPSA) is 61.9 Å². The van der Waals surface area contributed by atoms with Crippen LogP contribution in [0.3, 0.4) is 0 Å². The lowest BCUT2D eigenvalue weighted by atomic mass is 10.1. The number of likely N-dealkylation sites (tertiary alicyclic amines) is 1. The zero-order valence-corrected chi connectivity index (χ0v) is 16.6. The largest absolute Gasteiger partial charge is 0.341 e. The number of H-pyrrole nitrogens is 1. The van der Waals surface area contributed by atoms with E-state index in [1.54, 1.807) is 11.3 Å². The number of piperidine rings is 1. The van der Waals surface area contributed by atoms with Crippen LogP contribution in [0, 0.1) is 0 Å². The number of rotatable bonds is 6. The van der Waals surface area contributed by atoms with Crippen molar-refractivity contribution in [1.82, 2.24) is 20.1 Å². The van der Waals surface area contributed by atoms with Gasteiger partial charge in [0.2, 0.25) is 11.1 Å². The van der Waals surface area contributed by atoms with Crippen LogP contribution in [0.4, 0.5) is 0 Å². The van der Waals surface area contributed by atoms with Crippen molar-refractivity contribution in [2.45, 2.75) is 36.1 Å². The summed E-state index contributed by atoms with van der Waals surface area (Å²) in [5.41, 5.74) is 1.00. The Morgan fingerprint density at radius 2 is 1.96 bits per heavy atom. The Bertz CT molecular complexity index is 857. The second-order valence-corrected chi connectivity index (χ2v) is 8.72. The minimum absolute atomic E-state index is 0.163. The molecule has 140 valence electrons. The van der Waals surface area contributed by atoms with E-state index in [9.17, 15) is 4.79 Å². The molecule has 0 bridgehead atoms. The summed E-state index contributed by atoms with van der Waals surface area (Å²) in [4.78, 5) is 21.1. The first-order valence-electron chi connectivity index (χ1n) is 9.23. The van der Waals surface area contributed by atoms with Crippen LogP contribution >= 0.6 is 23.1 Å². The van der Waals surface area contributed by atoms with Gasteiger partial charge in [-0.3, -0.25) is 9.89 Å². The molecule has 1 saturated heterocycles. The van der Waals surface area contributed by atoms with Crippen molar-refractivity contribution in [1.29, 1.82) is 0 Å². The summed E-state index contributed by atoms with van der Waals surface area (Å²) in [6, 6.07) is 14.1. The number of carbonyl (C=O) groups is 1. The van der Waals surface area contributed by atoms with Gasteiger partial charge in [0.15, 0.2) is 0 Å². The third-order valence-corrected chi connectivity index (χ3v) is 6.63. The molecule has 1 fully saturated rings. The highest BCUT2D eigenvalue weighted by Crippen LogP contribution is 2.35. The molecule has 0 spiro atoms. The van der Waals surface area contributed by atoms with Gasteiger partial charge in [0, 0.05) is 24.4 Å². The lowest BCUT2D eigenvalue weighted by molar-refractivity contribution is -0.131. The number of hydrogen-bond acceptors (Lipinski definition) is 5. The van der Waals surface area contributed by atoms with Gasteiger partial charge in [0.1, 0.15) is 11.1 Å². The summed E-state index contributed by atoms with van der Waals surface area (Å²) in [6.45, 7) is 1.70. The molecule has 3 aromatic rings. The Labute approximate surface area is 167 Å². The number of aromatic amines is 1. The first-order chi connectivity index (χ1) is 13.3. The van der Waals surface area contributed by atoms with Gasteiger partial charge < -0.3 is 4.90 Å². The average Bonchev–Trinajstić information content (AvgIpc) is 3.39. The highest BCUT2D eigenvalue weighted by molar-refractivity contribution is 8.00. The molecule has 0 saturated carbocycles. The molecule has 1 aliphatic rings. The van der Waals surface area contributed by atoms with E-state index in [2.05, 4.69) is 26.6 Å². The van der Waals surface area contributed by atoms with Crippen molar-refractivity contribution in [3.63, 3.8) is 0 Å². The highest BCUT2D eigenvalue weighted by Gasteiger charge is 2.29. The number of carbonyl (C=O) groups excluding carboxylic acids is 1. The minimum atomic E-state index is -0.310. The van der Waals surface area contributed by atoms with Crippen LogP contribution in [0.1, 0.15) is 40.8 Å². The summed E-state index contributed by atoms with van der Waals surface area (Å²) in [5.74, 6) is 0.993. The van der Waals surface area contributed by atoms with Crippen molar-refractivity contribution in [3.05, 3.63) is 64.1 Å². The van der Waals surface area contributed by atoms with Gasteiger partial charge >= 0.3 is 0 Å². The number of hydrogen-bond donors (Lipinski definition) is 1. The maximum absolute atomic E-state index is 13.2. The van der Waals surface area contributed by atoms with Gasteiger partial charge in [0.05, 0.1) is 0 Å². The van der Waals surface area contributed by atoms with Gasteiger partial charge in [-0.2, -0.15) is 0 Å². The van der Waals surface area contributed by atoms with Gasteiger partial charge in [-0.15, -0.1) is 16.4 Å². The molecule has 1 aromatic carbocycles. The predicted molar refractivity (Wildman–Crippen MR) is 109 cm³/mol. The molecular weight excluding hydrogens is 376 g/mol. The lowest BCUT2D eigenvalue weighted by Gasteiger charge is -2.30. The maximum atomic E-state index is 13.2. The summed E-state index contributed by atoms with van der Waals surface area (Å²) in [5, 5.41) is 9.74. The number of nitrogens with zero attached hydrogens (tertiary/aromatic N) is 3. The Morgan fingerprint density at radius 1 is 1.15 bits per heavy atom. The third kappa shape index (κ3) is 4.59. The lowest BCUT2D eigenvalue weighted by Crippen LogP contribution is -2.38. The second kappa shape index (κ2) is 8.71. The summed E-state index contributed by atoms with van der Waals surface area (Å²) >= 11 is 3.14. The van der Waals surface area contributed by atoms with Crippen molar-refractivity contribution < 1.29 is 4.79 Å². The Hall–Kier alpha value is -2.12. The van der Waals surface area contributed by atoms with Crippen molar-refractivity contribution in [2.24, 2.45) is 0 Å². The zero-order valence-electron chi connectivity index (χ0n) is 15.0. The SMILES string of the molecule is O=C(C(Sc1n[nH]c(Cc2cccs2)n1)c1ccccc1)N1CCCCC1. The number of thioether (sulfide) groups is 1. The number of benzene rings is 1. The van der Waals surface area contributed by atoms with Crippen LogP contribution in [0.2, 0.25) is 0 Å². The second-order valence-electron chi connectivity index (χ2n) is 6.62. The average molecular weight is 399 g/mol. The number of nitrogens with one attached hydrogen (secondary N) is 1. The number of aromatic nitrogens is 3. The Balaban J connectivity index is 1.52. The molecule has 2 aromatic heterocycles. The molecule has 27 heavy (non-hydrogen) atoms. The van der Waals surface area contributed by atoms with E-state index >= 15 is 0 Å². The highest BCUT2D eigenvalue weighted by atomic mass is 32.2. The quantitative estimate of drug-likeness (QED) is 0.629. The van der Waals surface area contributed by atoms with Crippen LogP contribution < -0.4 is 0 Å². The Morgan fingerprint density at radius 3 is 2.70 bits per heavy atom. The van der Waals surface area contributed by atoms with Crippen molar-refractivity contribution >= 4 is 29.0 Å². The molecule has 0 aliphatic carbocycles. The predicted octanol–water partition coefficient (Wildman–Crippen LogP) is 4.30. The fourth-order valence-corrected chi connectivity index (χ4v) is 4.99. The molecule has 1 unspecified atom stereocenters. The van der Waals surface area contributed by atoms with E-state index in [0.29, 0.717) is 5.16 Å².